The number of rotatable bonds is 5. The molecule has 0 bridgehead atoms. The molecule has 0 fully saturated rings. The van der Waals surface area contributed by atoms with Crippen LogP contribution in [-0.2, 0) is 10.0 Å². The topological polar surface area (TPSA) is 101 Å². The Labute approximate surface area is 155 Å². The lowest BCUT2D eigenvalue weighted by atomic mass is 10.1. The van der Waals surface area contributed by atoms with Crippen LogP contribution in [0.2, 0.25) is 0 Å². The van der Waals surface area contributed by atoms with Crippen molar-refractivity contribution >= 4 is 38.1 Å². The molecule has 0 saturated heterocycles. The molecule has 0 aliphatic heterocycles. The van der Waals surface area contributed by atoms with E-state index in [2.05, 4.69) is 20.2 Å². The van der Waals surface area contributed by atoms with Crippen molar-refractivity contribution in [2.75, 3.05) is 10.0 Å². The predicted molar refractivity (Wildman–Crippen MR) is 101 cm³/mol. The van der Waals surface area contributed by atoms with E-state index in [1.165, 1.54) is 29.0 Å². The molecule has 0 radical (unpaired) electrons. The molecule has 1 heterocycles. The van der Waals surface area contributed by atoms with Crippen molar-refractivity contribution in [2.45, 2.75) is 18.7 Å². The second kappa shape index (κ2) is 7.22. The van der Waals surface area contributed by atoms with Gasteiger partial charge in [0.1, 0.15) is 5.51 Å². The molecule has 0 spiro atoms. The molecule has 26 heavy (non-hydrogen) atoms. The van der Waals surface area contributed by atoms with Crippen LogP contribution in [0.5, 0.6) is 0 Å². The van der Waals surface area contributed by atoms with Crippen LogP contribution in [0.15, 0.2) is 52.9 Å². The van der Waals surface area contributed by atoms with Crippen molar-refractivity contribution in [2.24, 2.45) is 0 Å². The van der Waals surface area contributed by atoms with Gasteiger partial charge in [0.05, 0.1) is 4.90 Å². The van der Waals surface area contributed by atoms with E-state index in [-0.39, 0.29) is 10.5 Å². The third-order valence-electron chi connectivity index (χ3n) is 3.65. The first-order valence-corrected chi connectivity index (χ1v) is 9.99. The summed E-state index contributed by atoms with van der Waals surface area (Å²) in [5.41, 5.74) is 3.89. The van der Waals surface area contributed by atoms with E-state index in [1.54, 1.807) is 25.1 Å². The highest BCUT2D eigenvalue weighted by Crippen LogP contribution is 2.21. The maximum Gasteiger partial charge on any atom is 0.261 e. The maximum absolute atomic E-state index is 12.6. The smallest absolute Gasteiger partial charge is 0.261 e. The summed E-state index contributed by atoms with van der Waals surface area (Å²) >= 11 is 1.18. The number of sulfonamides is 1. The summed E-state index contributed by atoms with van der Waals surface area (Å²) in [6.07, 6.45) is 0. The van der Waals surface area contributed by atoms with Gasteiger partial charge >= 0.3 is 0 Å². The molecule has 3 aromatic rings. The van der Waals surface area contributed by atoms with Gasteiger partial charge in [-0.1, -0.05) is 35.1 Å². The number of hydrogen-bond acceptors (Lipinski definition) is 6. The number of aryl methyl sites for hydroxylation is 2. The molecular formula is C17H16N4O3S2. The Morgan fingerprint density at radius 3 is 2.46 bits per heavy atom. The number of anilines is 2. The Morgan fingerprint density at radius 2 is 1.81 bits per heavy atom. The number of carbonyl (C=O) groups excluding carboxylic acids is 1. The van der Waals surface area contributed by atoms with Gasteiger partial charge in [0, 0.05) is 11.3 Å². The highest BCUT2D eigenvalue weighted by atomic mass is 32.2. The molecule has 1 aromatic heterocycles. The Bertz CT molecular complexity index is 1030. The van der Waals surface area contributed by atoms with Crippen molar-refractivity contribution in [3.8, 4) is 0 Å². The lowest BCUT2D eigenvalue weighted by molar-refractivity contribution is 0.102. The van der Waals surface area contributed by atoms with E-state index in [0.717, 1.165) is 5.56 Å². The Morgan fingerprint density at radius 1 is 1.08 bits per heavy atom. The van der Waals surface area contributed by atoms with Crippen LogP contribution in [0.25, 0.3) is 0 Å². The van der Waals surface area contributed by atoms with Crippen LogP contribution >= 0.6 is 11.3 Å². The third kappa shape index (κ3) is 4.06. The van der Waals surface area contributed by atoms with Crippen LogP contribution in [0.3, 0.4) is 0 Å². The van der Waals surface area contributed by atoms with Crippen LogP contribution < -0.4 is 10.0 Å². The van der Waals surface area contributed by atoms with E-state index >= 15 is 0 Å². The van der Waals surface area contributed by atoms with Crippen LogP contribution in [0.4, 0.5) is 10.8 Å². The van der Waals surface area contributed by atoms with Crippen molar-refractivity contribution in [3.63, 3.8) is 0 Å². The van der Waals surface area contributed by atoms with Gasteiger partial charge in [-0.15, -0.1) is 10.2 Å². The Hall–Kier alpha value is -2.78. The Balaban J connectivity index is 1.88. The molecule has 2 N–H and O–H groups in total. The van der Waals surface area contributed by atoms with E-state index in [0.29, 0.717) is 16.4 Å². The largest absolute Gasteiger partial charge is 0.296 e. The quantitative estimate of drug-likeness (QED) is 0.699. The minimum Gasteiger partial charge on any atom is -0.296 e. The zero-order valence-electron chi connectivity index (χ0n) is 14.1. The van der Waals surface area contributed by atoms with E-state index < -0.39 is 15.9 Å². The average molecular weight is 388 g/mol. The first-order valence-electron chi connectivity index (χ1n) is 7.63. The summed E-state index contributed by atoms with van der Waals surface area (Å²) in [7, 11) is -3.82. The van der Waals surface area contributed by atoms with Gasteiger partial charge in [0.2, 0.25) is 5.13 Å². The van der Waals surface area contributed by atoms with E-state index in [1.807, 2.05) is 19.1 Å². The molecule has 0 unspecified atom stereocenters. The summed E-state index contributed by atoms with van der Waals surface area (Å²) in [4.78, 5) is 12.4. The lowest BCUT2D eigenvalue weighted by Gasteiger charge is -2.11. The van der Waals surface area contributed by atoms with Crippen molar-refractivity contribution < 1.29 is 13.2 Å². The summed E-state index contributed by atoms with van der Waals surface area (Å²) in [5, 5.41) is 10.4. The summed E-state index contributed by atoms with van der Waals surface area (Å²) < 4.78 is 27.8. The molecule has 7 nitrogen and oxygen atoms in total. The molecule has 9 heteroatoms. The first-order chi connectivity index (χ1) is 12.3. The zero-order valence-corrected chi connectivity index (χ0v) is 15.7. The number of amides is 1. The van der Waals surface area contributed by atoms with Crippen LogP contribution in [-0.4, -0.2) is 24.5 Å². The normalized spacial score (nSPS) is 11.2. The highest BCUT2D eigenvalue weighted by Gasteiger charge is 2.19. The number of carbonyl (C=O) groups is 1. The van der Waals surface area contributed by atoms with Crippen molar-refractivity contribution in [3.05, 3.63) is 64.7 Å². The minimum absolute atomic E-state index is 0.00564. The standard InChI is InChI=1S/C17H16N4O3S2/c1-11-3-6-13(7-4-11)21-26(23,24)14-8-5-12(2)15(9-14)16(22)19-17-20-18-10-25-17/h3-10,21H,1-2H3,(H,19,20,22). The SMILES string of the molecule is Cc1ccc(NS(=O)(=O)c2ccc(C)c(C(=O)Nc3nncs3)c2)cc1. The van der Waals surface area contributed by atoms with Gasteiger partial charge in [-0.2, -0.15) is 0 Å². The first kappa shape index (κ1) is 18.0. The fraction of sp³-hybridized carbons (Fsp3) is 0.118. The monoisotopic (exact) mass is 388 g/mol. The molecular weight excluding hydrogens is 372 g/mol. The second-order valence-electron chi connectivity index (χ2n) is 5.65. The zero-order chi connectivity index (χ0) is 18.7. The fourth-order valence-corrected chi connectivity index (χ4v) is 3.77. The van der Waals surface area contributed by atoms with Gasteiger partial charge < -0.3 is 0 Å². The lowest BCUT2D eigenvalue weighted by Crippen LogP contribution is -2.17. The summed E-state index contributed by atoms with van der Waals surface area (Å²) in [6, 6.07) is 11.4. The molecule has 134 valence electrons. The number of nitrogens with one attached hydrogen (secondary N) is 2. The molecule has 0 aliphatic rings. The fourth-order valence-electron chi connectivity index (χ4n) is 2.24. The highest BCUT2D eigenvalue weighted by molar-refractivity contribution is 7.92. The van der Waals surface area contributed by atoms with Gasteiger partial charge in [0.15, 0.2) is 0 Å². The molecule has 0 aliphatic carbocycles. The molecule has 0 saturated carbocycles. The molecule has 2 aromatic carbocycles. The van der Waals surface area contributed by atoms with Gasteiger partial charge in [-0.3, -0.25) is 14.8 Å². The van der Waals surface area contributed by atoms with Crippen molar-refractivity contribution in [1.29, 1.82) is 0 Å². The number of aromatic nitrogens is 2. The third-order valence-corrected chi connectivity index (χ3v) is 5.63. The summed E-state index contributed by atoms with van der Waals surface area (Å²) in [6.45, 7) is 3.65. The average Bonchev–Trinajstić information content (AvgIpc) is 3.10. The maximum atomic E-state index is 12.6. The molecule has 0 atom stereocenters. The van der Waals surface area contributed by atoms with Gasteiger partial charge in [0.25, 0.3) is 15.9 Å². The number of hydrogen-bond donors (Lipinski definition) is 2. The summed E-state index contributed by atoms with van der Waals surface area (Å²) in [5.74, 6) is -0.438. The van der Waals surface area contributed by atoms with E-state index in [9.17, 15) is 13.2 Å². The van der Waals surface area contributed by atoms with Gasteiger partial charge in [-0.05, 0) is 43.7 Å². The Kier molecular flexibility index (Phi) is 5.01. The van der Waals surface area contributed by atoms with Gasteiger partial charge in [-0.25, -0.2) is 8.42 Å². The number of benzene rings is 2. The second-order valence-corrected chi connectivity index (χ2v) is 8.16. The predicted octanol–water partition coefficient (Wildman–Crippen LogP) is 3.21. The molecule has 3 rings (SSSR count). The molecule has 1 amide bonds. The minimum atomic E-state index is -3.82. The van der Waals surface area contributed by atoms with E-state index in [4.69, 9.17) is 0 Å². The van der Waals surface area contributed by atoms with Crippen molar-refractivity contribution in [1.82, 2.24) is 10.2 Å². The van der Waals surface area contributed by atoms with Crippen LogP contribution in [0.1, 0.15) is 21.5 Å². The van der Waals surface area contributed by atoms with Crippen LogP contribution in [0, 0.1) is 13.8 Å². The number of nitrogens with zero attached hydrogens (tertiary/aromatic N) is 2.